The first-order chi connectivity index (χ1) is 14.9. The molecule has 3 atom stereocenters. The molecule has 0 nitrogen and oxygen atoms in total. The fourth-order valence-corrected chi connectivity index (χ4v) is 66.7. The molecule has 3 aliphatic rings. The SMILES string of the molecule is [Cl][Ru]([Cl])(=[CH]c1ccccc1)([PH]C1CCCCC1)([PH]C1CCCCC1)[PH]C1CCCCC1. The first-order valence-electron chi connectivity index (χ1n) is 12.5. The summed E-state index contributed by atoms with van der Waals surface area (Å²) in [5.74, 6) is 0. The van der Waals surface area contributed by atoms with Crippen LogP contribution in [0.4, 0.5) is 0 Å². The molecule has 4 rings (SSSR count). The first kappa shape index (κ1) is 25.7. The predicted octanol–water partition coefficient (Wildman–Crippen LogP) is 10.1. The zero-order chi connectivity index (χ0) is 21.7. The van der Waals surface area contributed by atoms with Crippen molar-refractivity contribution in [3.8, 4) is 0 Å². The van der Waals surface area contributed by atoms with Gasteiger partial charge in [0, 0.05) is 0 Å². The van der Waals surface area contributed by atoms with Gasteiger partial charge >= 0.3 is 202 Å². The van der Waals surface area contributed by atoms with Gasteiger partial charge in [-0.2, -0.15) is 0 Å². The molecule has 0 saturated heterocycles. The maximum atomic E-state index is 8.41. The molecule has 0 spiro atoms. The fraction of sp³-hybridized carbons (Fsp3) is 0.720. The van der Waals surface area contributed by atoms with Crippen molar-refractivity contribution in [3.05, 3.63) is 35.9 Å². The number of rotatable bonds is 7. The minimum atomic E-state index is -4.27. The van der Waals surface area contributed by atoms with Crippen molar-refractivity contribution in [2.24, 2.45) is 0 Å². The Labute approximate surface area is 201 Å². The molecule has 3 saturated carbocycles. The van der Waals surface area contributed by atoms with Gasteiger partial charge in [0.2, 0.25) is 0 Å². The van der Waals surface area contributed by atoms with E-state index in [2.05, 4.69) is 34.9 Å². The van der Waals surface area contributed by atoms with Gasteiger partial charge in [-0.3, -0.25) is 0 Å². The molecule has 0 heterocycles. The molecule has 3 aliphatic carbocycles. The first-order valence-corrected chi connectivity index (χ1v) is 28.6. The van der Waals surface area contributed by atoms with Crippen LogP contribution >= 0.6 is 40.1 Å². The molecule has 0 aromatic heterocycles. The van der Waals surface area contributed by atoms with Crippen molar-refractivity contribution in [1.82, 2.24) is 0 Å². The van der Waals surface area contributed by atoms with E-state index in [4.69, 9.17) is 19.4 Å². The van der Waals surface area contributed by atoms with Crippen LogP contribution in [0.1, 0.15) is 102 Å². The predicted molar refractivity (Wildman–Crippen MR) is 149 cm³/mol. The monoisotopic (exact) mass is 607 g/mol. The van der Waals surface area contributed by atoms with E-state index in [0.29, 0.717) is 0 Å². The third kappa shape index (κ3) is 7.29. The summed E-state index contributed by atoms with van der Waals surface area (Å²) in [6.07, 6.45) is 20.8. The molecule has 179 valence electrons. The molecule has 0 aliphatic heterocycles. The summed E-state index contributed by atoms with van der Waals surface area (Å²) in [7, 11) is 12.6. The van der Waals surface area contributed by atoms with Crippen LogP contribution in [0, 0.1) is 0 Å². The van der Waals surface area contributed by atoms with Crippen LogP contribution in [0.15, 0.2) is 30.3 Å². The maximum absolute atomic E-state index is 8.41. The van der Waals surface area contributed by atoms with Crippen molar-refractivity contribution in [3.63, 3.8) is 0 Å². The number of hydrogen-bond donors (Lipinski definition) is 0. The Morgan fingerprint density at radius 2 is 0.935 bits per heavy atom. The molecular formula is C25H42Cl2P3Ru. The number of hydrogen-bond acceptors (Lipinski definition) is 0. The van der Waals surface area contributed by atoms with Crippen LogP contribution in [0.3, 0.4) is 0 Å². The fourth-order valence-electron chi connectivity index (χ4n) is 5.59. The van der Waals surface area contributed by atoms with Gasteiger partial charge in [-0.05, 0) is 0 Å². The summed E-state index contributed by atoms with van der Waals surface area (Å²) >= 11 is 0. The van der Waals surface area contributed by atoms with E-state index in [1.54, 1.807) is 0 Å². The quantitative estimate of drug-likeness (QED) is 0.214. The normalized spacial score (nSPS) is 26.1. The van der Waals surface area contributed by atoms with Crippen LogP contribution in [0.5, 0.6) is 0 Å². The summed E-state index contributed by atoms with van der Waals surface area (Å²) in [6.45, 7) is 2.40. The van der Waals surface area contributed by atoms with Crippen molar-refractivity contribution in [2.45, 2.75) is 113 Å². The van der Waals surface area contributed by atoms with E-state index < -0.39 is 8.55 Å². The van der Waals surface area contributed by atoms with Gasteiger partial charge < -0.3 is 0 Å². The molecule has 3 unspecified atom stereocenters. The Bertz CT molecular complexity index is 735. The van der Waals surface area contributed by atoms with E-state index in [1.165, 1.54) is 102 Å². The molecular weight excluding hydrogens is 565 g/mol. The summed E-state index contributed by atoms with van der Waals surface area (Å²) in [5, 5.41) is 0. The third-order valence-corrected chi connectivity index (χ3v) is 51.6. The second-order valence-electron chi connectivity index (χ2n) is 10.0. The molecule has 0 amide bonds. The Hall–Kier alpha value is 1.58. The molecule has 0 bridgehead atoms. The third-order valence-electron chi connectivity index (χ3n) is 7.11. The molecule has 6 heteroatoms. The van der Waals surface area contributed by atoms with Gasteiger partial charge in [0.25, 0.3) is 0 Å². The van der Waals surface area contributed by atoms with Gasteiger partial charge in [0.1, 0.15) is 0 Å². The van der Waals surface area contributed by atoms with Crippen molar-refractivity contribution in [1.29, 1.82) is 0 Å². The van der Waals surface area contributed by atoms with Crippen molar-refractivity contribution >= 4 is 44.7 Å². The van der Waals surface area contributed by atoms with Crippen LogP contribution in [0.25, 0.3) is 0 Å². The molecule has 3 fully saturated rings. The second kappa shape index (κ2) is 10.7. The second-order valence-corrected chi connectivity index (χ2v) is 63.2. The topological polar surface area (TPSA) is 0 Å². The van der Waals surface area contributed by atoms with Crippen LogP contribution in [-0.2, 0) is 8.55 Å². The minimum absolute atomic E-state index is 0.773. The average molecular weight is 608 g/mol. The van der Waals surface area contributed by atoms with E-state index in [0.717, 1.165) is 37.7 Å². The van der Waals surface area contributed by atoms with Gasteiger partial charge in [0.15, 0.2) is 0 Å². The number of benzene rings is 1. The van der Waals surface area contributed by atoms with Gasteiger partial charge in [-0.1, -0.05) is 0 Å². The van der Waals surface area contributed by atoms with E-state index >= 15 is 0 Å². The van der Waals surface area contributed by atoms with E-state index in [-0.39, 0.29) is 0 Å². The molecule has 1 aromatic carbocycles. The summed E-state index contributed by atoms with van der Waals surface area (Å²) in [4.78, 5) is 0. The average Bonchev–Trinajstić information content (AvgIpc) is 2.76. The van der Waals surface area contributed by atoms with Crippen molar-refractivity contribution < 1.29 is 8.55 Å². The zero-order valence-electron chi connectivity index (χ0n) is 18.9. The Balaban J connectivity index is 1.79. The molecule has 1 aromatic rings. The van der Waals surface area contributed by atoms with Gasteiger partial charge in [-0.25, -0.2) is 0 Å². The van der Waals surface area contributed by atoms with Crippen LogP contribution in [-0.4, -0.2) is 21.6 Å². The molecule has 31 heavy (non-hydrogen) atoms. The van der Waals surface area contributed by atoms with E-state index in [9.17, 15) is 0 Å². The van der Waals surface area contributed by atoms with Crippen LogP contribution in [0.2, 0.25) is 0 Å². The standard InChI is InChI=1S/C7H6.3C6H12P.2ClH.Ru/c1-7-5-3-2-4-6-7;3*7-6-4-2-1-3-5-6;;;/h1-6H;3*6-7H,1-5H2;2*1H;/q;3*-1;;;+5/p-2. The van der Waals surface area contributed by atoms with Crippen molar-refractivity contribution in [2.75, 3.05) is 0 Å². The Kier molecular flexibility index (Phi) is 8.85. The Morgan fingerprint density at radius 1 is 0.581 bits per heavy atom. The molecule has 0 radical (unpaired) electrons. The number of halogens is 2. The van der Waals surface area contributed by atoms with Crippen LogP contribution < -0.4 is 0 Å². The summed E-state index contributed by atoms with van der Waals surface area (Å²) in [5.41, 5.74) is 3.63. The van der Waals surface area contributed by atoms with Gasteiger partial charge in [0.05, 0.1) is 0 Å². The summed E-state index contributed by atoms with van der Waals surface area (Å²) < 4.78 is 2.58. The molecule has 0 N–H and O–H groups in total. The zero-order valence-corrected chi connectivity index (χ0v) is 25.2. The Morgan fingerprint density at radius 3 is 1.29 bits per heavy atom. The van der Waals surface area contributed by atoms with E-state index in [1.807, 2.05) is 0 Å². The summed E-state index contributed by atoms with van der Waals surface area (Å²) in [6, 6.07) is 11.0. The van der Waals surface area contributed by atoms with Gasteiger partial charge in [-0.15, -0.1) is 0 Å².